The molecule has 33 heavy (non-hydrogen) atoms. The first-order valence-corrected chi connectivity index (χ1v) is 11.4. The number of aryl methyl sites for hydroxylation is 1. The Morgan fingerprint density at radius 1 is 1.00 bits per heavy atom. The zero-order chi connectivity index (χ0) is 22.6. The van der Waals surface area contributed by atoms with Crippen molar-refractivity contribution in [1.29, 1.82) is 0 Å². The molecule has 0 spiro atoms. The van der Waals surface area contributed by atoms with E-state index in [1.165, 1.54) is 0 Å². The molecule has 0 aliphatic heterocycles. The van der Waals surface area contributed by atoms with Crippen LogP contribution in [-0.2, 0) is 11.8 Å². The van der Waals surface area contributed by atoms with Gasteiger partial charge < -0.3 is 19.7 Å². The Hall–Kier alpha value is -3.59. The van der Waals surface area contributed by atoms with Gasteiger partial charge in [-0.2, -0.15) is 0 Å². The number of hydrogen-bond donors (Lipinski definition) is 2. The van der Waals surface area contributed by atoms with Gasteiger partial charge in [-0.1, -0.05) is 60.7 Å². The maximum atomic E-state index is 8.97. The van der Waals surface area contributed by atoms with Crippen LogP contribution in [0.1, 0.15) is 0 Å². The van der Waals surface area contributed by atoms with E-state index in [0.29, 0.717) is 24.8 Å². The summed E-state index contributed by atoms with van der Waals surface area (Å²) in [7, 11) is 1.93. The summed E-state index contributed by atoms with van der Waals surface area (Å²) in [6, 6.07) is 20.7. The molecule has 0 amide bonds. The standard InChI is InChI=1S/C25H23N5O2S/c1-30-14-12-27-24(30)23-28-22(26-13-15-32-16-31)20-19(17-8-4-2-5-9-17)21(33-25(20)29-23)18-10-6-3-7-11-18/h2-12,14,31H,13,15-16H2,1H3,(H,26,28,29). The molecule has 8 heteroatoms. The molecule has 5 rings (SSSR count). The lowest BCUT2D eigenvalue weighted by Crippen LogP contribution is -2.12. The highest BCUT2D eigenvalue weighted by molar-refractivity contribution is 7.22. The van der Waals surface area contributed by atoms with E-state index in [0.717, 1.165) is 37.6 Å². The summed E-state index contributed by atoms with van der Waals surface area (Å²) >= 11 is 1.65. The highest BCUT2D eigenvalue weighted by Gasteiger charge is 2.22. The minimum absolute atomic E-state index is 0.314. The molecule has 0 fully saturated rings. The van der Waals surface area contributed by atoms with Gasteiger partial charge >= 0.3 is 0 Å². The van der Waals surface area contributed by atoms with Crippen LogP contribution in [0, 0.1) is 0 Å². The molecule has 0 saturated heterocycles. The van der Waals surface area contributed by atoms with Crippen LogP contribution in [0.25, 0.3) is 43.4 Å². The minimum Gasteiger partial charge on any atom is -0.371 e. The first-order valence-electron chi connectivity index (χ1n) is 10.6. The van der Waals surface area contributed by atoms with Crippen LogP contribution in [0.5, 0.6) is 0 Å². The van der Waals surface area contributed by atoms with Gasteiger partial charge in [-0.3, -0.25) is 0 Å². The summed E-state index contributed by atoms with van der Waals surface area (Å²) < 4.78 is 7.02. The summed E-state index contributed by atoms with van der Waals surface area (Å²) in [5.74, 6) is 1.97. The van der Waals surface area contributed by atoms with E-state index in [4.69, 9.17) is 19.8 Å². The smallest absolute Gasteiger partial charge is 0.199 e. The zero-order valence-corrected chi connectivity index (χ0v) is 18.9. The molecule has 0 aliphatic carbocycles. The van der Waals surface area contributed by atoms with Gasteiger partial charge in [-0.05, 0) is 11.1 Å². The number of anilines is 1. The van der Waals surface area contributed by atoms with Crippen molar-refractivity contribution in [2.24, 2.45) is 7.05 Å². The van der Waals surface area contributed by atoms with Crippen molar-refractivity contribution in [1.82, 2.24) is 19.5 Å². The summed E-state index contributed by atoms with van der Waals surface area (Å²) in [4.78, 5) is 16.3. The monoisotopic (exact) mass is 457 g/mol. The molecule has 2 N–H and O–H groups in total. The number of fused-ring (bicyclic) bond motifs is 1. The lowest BCUT2D eigenvalue weighted by Gasteiger charge is -2.11. The Morgan fingerprint density at radius 3 is 2.39 bits per heavy atom. The zero-order valence-electron chi connectivity index (χ0n) is 18.1. The van der Waals surface area contributed by atoms with Crippen molar-refractivity contribution < 1.29 is 9.84 Å². The molecule has 166 valence electrons. The van der Waals surface area contributed by atoms with Crippen molar-refractivity contribution in [3.63, 3.8) is 0 Å². The lowest BCUT2D eigenvalue weighted by molar-refractivity contribution is 0.00377. The molecular weight excluding hydrogens is 434 g/mol. The van der Waals surface area contributed by atoms with E-state index in [9.17, 15) is 0 Å². The van der Waals surface area contributed by atoms with Gasteiger partial charge in [0.1, 0.15) is 17.4 Å². The molecule has 2 aromatic carbocycles. The Morgan fingerprint density at radius 2 is 1.73 bits per heavy atom. The van der Waals surface area contributed by atoms with Crippen LogP contribution in [0.2, 0.25) is 0 Å². The number of nitrogens with zero attached hydrogens (tertiary/aromatic N) is 4. The third-order valence-electron chi connectivity index (χ3n) is 5.30. The van der Waals surface area contributed by atoms with E-state index in [1.807, 2.05) is 54.2 Å². The third-order valence-corrected chi connectivity index (χ3v) is 6.43. The van der Waals surface area contributed by atoms with Crippen LogP contribution in [0.3, 0.4) is 0 Å². The highest BCUT2D eigenvalue weighted by atomic mass is 32.1. The number of nitrogens with one attached hydrogen (secondary N) is 1. The average molecular weight is 458 g/mol. The van der Waals surface area contributed by atoms with Gasteiger partial charge in [-0.25, -0.2) is 15.0 Å². The topological polar surface area (TPSA) is 85.1 Å². The van der Waals surface area contributed by atoms with Gasteiger partial charge in [0.2, 0.25) is 0 Å². The van der Waals surface area contributed by atoms with Crippen molar-refractivity contribution in [3.8, 4) is 33.2 Å². The van der Waals surface area contributed by atoms with Crippen molar-refractivity contribution in [2.75, 3.05) is 25.3 Å². The maximum Gasteiger partial charge on any atom is 0.199 e. The van der Waals surface area contributed by atoms with Crippen molar-refractivity contribution >= 4 is 27.4 Å². The van der Waals surface area contributed by atoms with Gasteiger partial charge in [0.15, 0.2) is 11.6 Å². The number of aliphatic hydroxyl groups excluding tert-OH is 1. The first kappa shape index (κ1) is 21.3. The Balaban J connectivity index is 1.76. The predicted molar refractivity (Wildman–Crippen MR) is 132 cm³/mol. The number of aliphatic hydroxyl groups is 1. The van der Waals surface area contributed by atoms with Crippen molar-refractivity contribution in [3.05, 3.63) is 73.1 Å². The number of aromatic nitrogens is 4. The van der Waals surface area contributed by atoms with Crippen LogP contribution >= 0.6 is 11.3 Å². The van der Waals surface area contributed by atoms with Crippen LogP contribution in [0.4, 0.5) is 5.82 Å². The molecule has 0 radical (unpaired) electrons. The maximum absolute atomic E-state index is 8.97. The number of thiophene rings is 1. The molecule has 0 atom stereocenters. The second-order valence-corrected chi connectivity index (χ2v) is 8.44. The molecule has 0 aliphatic rings. The van der Waals surface area contributed by atoms with E-state index in [2.05, 4.69) is 34.6 Å². The number of rotatable bonds is 8. The number of benzene rings is 2. The largest absolute Gasteiger partial charge is 0.371 e. The molecule has 0 unspecified atom stereocenters. The van der Waals surface area contributed by atoms with Crippen LogP contribution in [0.15, 0.2) is 73.1 Å². The molecule has 3 heterocycles. The fourth-order valence-electron chi connectivity index (χ4n) is 3.79. The van der Waals surface area contributed by atoms with E-state index in [-0.39, 0.29) is 6.79 Å². The molecule has 7 nitrogen and oxygen atoms in total. The van der Waals surface area contributed by atoms with Gasteiger partial charge in [0.25, 0.3) is 0 Å². The van der Waals surface area contributed by atoms with E-state index in [1.54, 1.807) is 17.5 Å². The minimum atomic E-state index is -0.314. The molecule has 5 aromatic rings. The molecular formula is C25H23N5O2S. The summed E-state index contributed by atoms with van der Waals surface area (Å²) in [5, 5.41) is 13.3. The summed E-state index contributed by atoms with van der Waals surface area (Å²) in [6.45, 7) is 0.540. The Kier molecular flexibility index (Phi) is 6.12. The quantitative estimate of drug-likeness (QED) is 0.257. The number of imidazole rings is 1. The number of ether oxygens (including phenoxy) is 1. The Bertz CT molecular complexity index is 1370. The fraction of sp³-hybridized carbons (Fsp3) is 0.160. The molecule has 3 aromatic heterocycles. The Labute approximate surface area is 195 Å². The SMILES string of the molecule is Cn1ccnc1-c1nc(NCCOCO)c2c(-c3ccccc3)c(-c3ccccc3)sc2n1. The average Bonchev–Trinajstić information content (AvgIpc) is 3.46. The van der Waals surface area contributed by atoms with Gasteiger partial charge in [-0.15, -0.1) is 11.3 Å². The van der Waals surface area contributed by atoms with E-state index >= 15 is 0 Å². The normalized spacial score (nSPS) is 11.2. The van der Waals surface area contributed by atoms with Crippen LogP contribution < -0.4 is 5.32 Å². The predicted octanol–water partition coefficient (Wildman–Crippen LogP) is 4.80. The van der Waals surface area contributed by atoms with Gasteiger partial charge in [0, 0.05) is 36.4 Å². The molecule has 0 bridgehead atoms. The second kappa shape index (κ2) is 9.50. The second-order valence-electron chi connectivity index (χ2n) is 7.44. The molecule has 0 saturated carbocycles. The fourth-order valence-corrected chi connectivity index (χ4v) is 4.99. The summed E-state index contributed by atoms with van der Waals surface area (Å²) in [5.41, 5.74) is 3.33. The van der Waals surface area contributed by atoms with E-state index < -0.39 is 0 Å². The summed E-state index contributed by atoms with van der Waals surface area (Å²) in [6.07, 6.45) is 3.62. The first-order chi connectivity index (χ1) is 16.3. The lowest BCUT2D eigenvalue weighted by atomic mass is 9.99. The third kappa shape index (κ3) is 4.23. The van der Waals surface area contributed by atoms with Crippen LogP contribution in [-0.4, -0.2) is 44.6 Å². The number of hydrogen-bond acceptors (Lipinski definition) is 7. The highest BCUT2D eigenvalue weighted by Crippen LogP contribution is 2.46. The van der Waals surface area contributed by atoms with Gasteiger partial charge in [0.05, 0.1) is 12.0 Å². The van der Waals surface area contributed by atoms with Crippen molar-refractivity contribution in [2.45, 2.75) is 0 Å².